The molecule has 0 atom stereocenters. The van der Waals surface area contributed by atoms with Crippen LogP contribution in [0.25, 0.3) is 0 Å². The third-order valence-electron chi connectivity index (χ3n) is 5.02. The van der Waals surface area contributed by atoms with E-state index in [4.69, 9.17) is 18.9 Å². The molecule has 1 amide bonds. The van der Waals surface area contributed by atoms with Crippen molar-refractivity contribution in [3.63, 3.8) is 0 Å². The van der Waals surface area contributed by atoms with E-state index in [2.05, 4.69) is 4.72 Å². The molecule has 0 aliphatic carbocycles. The first-order chi connectivity index (χ1) is 16.4. The van der Waals surface area contributed by atoms with Crippen molar-refractivity contribution in [1.82, 2.24) is 0 Å². The minimum atomic E-state index is 0.602. The quantitative estimate of drug-likeness (QED) is 0.292. The van der Waals surface area contributed by atoms with Gasteiger partial charge in [0.1, 0.15) is 11.5 Å². The lowest BCUT2D eigenvalue weighted by molar-refractivity contribution is -0.107. The molecular formula is C25H29N3O5S. The summed E-state index contributed by atoms with van der Waals surface area (Å²) < 4.78 is 25.5. The normalized spacial score (nSPS) is 10.3. The highest BCUT2D eigenvalue weighted by molar-refractivity contribution is 8.00. The standard InChI is InChI=1S/C25H29N3O5S/c1-27(2)21-15-24(33-18-9-7-17(30-4)8-10-18)20(14-22(21)28(3)16-29)26-34-19-11-12-23(31-5)25(13-19)32-6/h7-16,26H,1-6H3. The molecule has 34 heavy (non-hydrogen) atoms. The summed E-state index contributed by atoms with van der Waals surface area (Å²) in [5.41, 5.74) is 2.27. The van der Waals surface area contributed by atoms with Gasteiger partial charge in [-0.2, -0.15) is 0 Å². The number of anilines is 3. The fourth-order valence-electron chi connectivity index (χ4n) is 3.18. The third kappa shape index (κ3) is 5.79. The molecule has 3 rings (SSSR count). The minimum absolute atomic E-state index is 0.602. The van der Waals surface area contributed by atoms with E-state index in [1.54, 1.807) is 28.4 Å². The van der Waals surface area contributed by atoms with Gasteiger partial charge in [0.05, 0.1) is 38.4 Å². The Labute approximate surface area is 204 Å². The third-order valence-corrected chi connectivity index (χ3v) is 5.83. The molecule has 3 aromatic carbocycles. The number of hydrogen-bond donors (Lipinski definition) is 1. The number of benzene rings is 3. The van der Waals surface area contributed by atoms with Gasteiger partial charge in [-0.05, 0) is 60.5 Å². The Balaban J connectivity index is 1.98. The van der Waals surface area contributed by atoms with Crippen molar-refractivity contribution < 1.29 is 23.7 Å². The highest BCUT2D eigenvalue weighted by Gasteiger charge is 2.17. The maximum atomic E-state index is 11.6. The van der Waals surface area contributed by atoms with E-state index in [0.717, 1.165) is 28.4 Å². The van der Waals surface area contributed by atoms with Gasteiger partial charge in [-0.15, -0.1) is 0 Å². The summed E-state index contributed by atoms with van der Waals surface area (Å²) >= 11 is 1.39. The Hall–Kier alpha value is -3.72. The molecule has 0 aliphatic heterocycles. The predicted molar refractivity (Wildman–Crippen MR) is 137 cm³/mol. The van der Waals surface area contributed by atoms with Crippen molar-refractivity contribution in [3.05, 3.63) is 54.6 Å². The van der Waals surface area contributed by atoms with Gasteiger partial charge < -0.3 is 33.5 Å². The van der Waals surface area contributed by atoms with E-state index >= 15 is 0 Å². The van der Waals surface area contributed by atoms with Crippen LogP contribution in [-0.2, 0) is 4.79 Å². The van der Waals surface area contributed by atoms with E-state index in [1.807, 2.05) is 73.6 Å². The first-order valence-corrected chi connectivity index (χ1v) is 11.2. The molecular weight excluding hydrogens is 454 g/mol. The maximum Gasteiger partial charge on any atom is 0.213 e. The first-order valence-electron chi connectivity index (χ1n) is 10.4. The molecule has 0 unspecified atom stereocenters. The molecule has 0 fully saturated rings. The number of ether oxygens (including phenoxy) is 4. The van der Waals surface area contributed by atoms with E-state index in [9.17, 15) is 4.79 Å². The number of carbonyl (C=O) groups excluding carboxylic acids is 1. The van der Waals surface area contributed by atoms with E-state index in [-0.39, 0.29) is 0 Å². The van der Waals surface area contributed by atoms with E-state index in [1.165, 1.54) is 16.8 Å². The van der Waals surface area contributed by atoms with Gasteiger partial charge in [0.2, 0.25) is 6.41 Å². The molecule has 1 N–H and O–H groups in total. The lowest BCUT2D eigenvalue weighted by Crippen LogP contribution is -2.19. The minimum Gasteiger partial charge on any atom is -0.497 e. The van der Waals surface area contributed by atoms with Gasteiger partial charge in [0.25, 0.3) is 0 Å². The topological polar surface area (TPSA) is 72.5 Å². The number of carbonyl (C=O) groups is 1. The Bertz CT molecular complexity index is 1120. The largest absolute Gasteiger partial charge is 0.497 e. The monoisotopic (exact) mass is 483 g/mol. The smallest absolute Gasteiger partial charge is 0.213 e. The van der Waals surface area contributed by atoms with Gasteiger partial charge in [-0.25, -0.2) is 0 Å². The maximum absolute atomic E-state index is 11.6. The van der Waals surface area contributed by atoms with Crippen molar-refractivity contribution in [2.45, 2.75) is 4.90 Å². The summed E-state index contributed by atoms with van der Waals surface area (Å²) in [4.78, 5) is 15.9. The zero-order chi connectivity index (χ0) is 24.7. The van der Waals surface area contributed by atoms with Crippen LogP contribution in [0.15, 0.2) is 59.5 Å². The van der Waals surface area contributed by atoms with Gasteiger partial charge in [0, 0.05) is 32.1 Å². The summed E-state index contributed by atoms with van der Waals surface area (Å²) in [5, 5.41) is 0. The van der Waals surface area contributed by atoms with Gasteiger partial charge >= 0.3 is 0 Å². The van der Waals surface area contributed by atoms with Gasteiger partial charge in [-0.1, -0.05) is 0 Å². The molecule has 8 nitrogen and oxygen atoms in total. The zero-order valence-corrected chi connectivity index (χ0v) is 20.9. The summed E-state index contributed by atoms with van der Waals surface area (Å²) in [7, 11) is 10.4. The fourth-order valence-corrected chi connectivity index (χ4v) is 3.87. The van der Waals surface area contributed by atoms with Crippen LogP contribution in [0.3, 0.4) is 0 Å². The van der Waals surface area contributed by atoms with E-state index in [0.29, 0.717) is 28.7 Å². The molecule has 0 radical (unpaired) electrons. The summed E-state index contributed by atoms with van der Waals surface area (Å²) in [6, 6.07) is 16.8. The Kier molecular flexibility index (Phi) is 8.37. The van der Waals surface area contributed by atoms with Crippen molar-refractivity contribution in [1.29, 1.82) is 0 Å². The van der Waals surface area contributed by atoms with Crippen molar-refractivity contribution >= 4 is 35.4 Å². The lowest BCUT2D eigenvalue weighted by Gasteiger charge is -2.24. The Morgan fingerprint density at radius 1 is 0.765 bits per heavy atom. The number of hydrogen-bond acceptors (Lipinski definition) is 8. The van der Waals surface area contributed by atoms with Gasteiger partial charge in [0.15, 0.2) is 17.2 Å². The molecule has 0 saturated heterocycles. The highest BCUT2D eigenvalue weighted by Crippen LogP contribution is 2.42. The van der Waals surface area contributed by atoms with Crippen LogP contribution in [0.1, 0.15) is 0 Å². The molecule has 180 valence electrons. The molecule has 0 heterocycles. The van der Waals surface area contributed by atoms with Crippen LogP contribution >= 0.6 is 11.9 Å². The lowest BCUT2D eigenvalue weighted by atomic mass is 10.2. The van der Waals surface area contributed by atoms with Crippen molar-refractivity contribution in [2.75, 3.05) is 57.0 Å². The molecule has 0 bridgehead atoms. The van der Waals surface area contributed by atoms with Crippen molar-refractivity contribution in [3.8, 4) is 28.7 Å². The number of methoxy groups -OCH3 is 3. The Morgan fingerprint density at radius 3 is 2.03 bits per heavy atom. The van der Waals surface area contributed by atoms with Crippen LogP contribution in [0, 0.1) is 0 Å². The molecule has 0 aliphatic rings. The van der Waals surface area contributed by atoms with E-state index < -0.39 is 0 Å². The number of nitrogens with one attached hydrogen (secondary N) is 1. The Morgan fingerprint density at radius 2 is 1.44 bits per heavy atom. The van der Waals surface area contributed by atoms with Crippen molar-refractivity contribution in [2.24, 2.45) is 0 Å². The predicted octanol–water partition coefficient (Wildman–Crippen LogP) is 5.28. The molecule has 0 saturated carbocycles. The average molecular weight is 484 g/mol. The van der Waals surface area contributed by atoms with Gasteiger partial charge in [-0.3, -0.25) is 4.79 Å². The second-order valence-corrected chi connectivity index (χ2v) is 8.33. The molecule has 9 heteroatoms. The summed E-state index contributed by atoms with van der Waals surface area (Å²) in [6.45, 7) is 0. The SMILES string of the molecule is COc1ccc(Oc2cc(N(C)C)c(N(C)C=O)cc2NSc2ccc(OC)c(OC)c2)cc1. The first kappa shape index (κ1) is 24.9. The van der Waals surface area contributed by atoms with Crippen LogP contribution in [0.4, 0.5) is 17.1 Å². The van der Waals surface area contributed by atoms with Crippen LogP contribution in [0.2, 0.25) is 0 Å². The second-order valence-electron chi connectivity index (χ2n) is 7.45. The number of nitrogens with zero attached hydrogens (tertiary/aromatic N) is 2. The van der Waals surface area contributed by atoms with Crippen LogP contribution in [-0.4, -0.2) is 48.9 Å². The highest BCUT2D eigenvalue weighted by atomic mass is 32.2. The number of rotatable bonds is 11. The molecule has 3 aromatic rings. The number of amides is 1. The van der Waals surface area contributed by atoms with Crippen LogP contribution < -0.4 is 33.5 Å². The average Bonchev–Trinajstić information content (AvgIpc) is 2.87. The summed E-state index contributed by atoms with van der Waals surface area (Å²) in [5.74, 6) is 3.28. The fraction of sp³-hybridized carbons (Fsp3) is 0.240. The zero-order valence-electron chi connectivity index (χ0n) is 20.1. The molecule has 0 aromatic heterocycles. The van der Waals surface area contributed by atoms with Crippen LogP contribution in [0.5, 0.6) is 28.7 Å². The summed E-state index contributed by atoms with van der Waals surface area (Å²) in [6.07, 6.45) is 0.775. The molecule has 0 spiro atoms. The second kappa shape index (κ2) is 11.4.